The van der Waals surface area contributed by atoms with Gasteiger partial charge in [-0.25, -0.2) is 4.79 Å². The Balaban J connectivity index is 2.14. The van der Waals surface area contributed by atoms with Crippen LogP contribution in [0.5, 0.6) is 0 Å². The van der Waals surface area contributed by atoms with Crippen molar-refractivity contribution in [2.45, 2.75) is 57.8 Å². The molecule has 2 rings (SSSR count). The van der Waals surface area contributed by atoms with Gasteiger partial charge < -0.3 is 14.8 Å². The van der Waals surface area contributed by atoms with Gasteiger partial charge in [-0.3, -0.25) is 4.90 Å². The lowest BCUT2D eigenvalue weighted by Gasteiger charge is -2.50. The SMILES string of the molecule is CC1CN(C(=O)OC(C)(C)C)C2(CCCNC2)CO1. The lowest BCUT2D eigenvalue weighted by Crippen LogP contribution is -2.67. The lowest BCUT2D eigenvalue weighted by molar-refractivity contribution is -0.111. The molecule has 1 amide bonds. The number of hydrogen-bond donors (Lipinski definition) is 1. The Morgan fingerprint density at radius 2 is 2.21 bits per heavy atom. The van der Waals surface area contributed by atoms with Crippen molar-refractivity contribution in [1.82, 2.24) is 10.2 Å². The molecule has 2 unspecified atom stereocenters. The van der Waals surface area contributed by atoms with Gasteiger partial charge in [-0.15, -0.1) is 0 Å². The number of morpholine rings is 1. The van der Waals surface area contributed by atoms with Gasteiger partial charge in [0.15, 0.2) is 0 Å². The Labute approximate surface area is 115 Å². The molecule has 1 spiro atoms. The van der Waals surface area contributed by atoms with E-state index in [2.05, 4.69) is 5.32 Å². The summed E-state index contributed by atoms with van der Waals surface area (Å²) >= 11 is 0. The van der Waals surface area contributed by atoms with Crippen molar-refractivity contribution in [2.24, 2.45) is 0 Å². The average Bonchev–Trinajstić information content (AvgIpc) is 2.31. The van der Waals surface area contributed by atoms with Crippen molar-refractivity contribution in [3.8, 4) is 0 Å². The third-order valence-corrected chi connectivity index (χ3v) is 3.71. The number of hydrogen-bond acceptors (Lipinski definition) is 4. The highest BCUT2D eigenvalue weighted by molar-refractivity contribution is 5.69. The molecule has 0 aliphatic carbocycles. The molecule has 0 aromatic heterocycles. The molecule has 0 bridgehead atoms. The van der Waals surface area contributed by atoms with Crippen LogP contribution in [-0.2, 0) is 9.47 Å². The molecule has 2 heterocycles. The smallest absolute Gasteiger partial charge is 0.410 e. The number of piperidine rings is 1. The first kappa shape index (κ1) is 14.6. The van der Waals surface area contributed by atoms with Crippen molar-refractivity contribution < 1.29 is 14.3 Å². The molecule has 19 heavy (non-hydrogen) atoms. The minimum Gasteiger partial charge on any atom is -0.444 e. The summed E-state index contributed by atoms with van der Waals surface area (Å²) < 4.78 is 11.3. The zero-order valence-electron chi connectivity index (χ0n) is 12.5. The highest BCUT2D eigenvalue weighted by Crippen LogP contribution is 2.30. The minimum absolute atomic E-state index is 0.0695. The molecule has 2 fully saturated rings. The minimum atomic E-state index is -0.456. The summed E-state index contributed by atoms with van der Waals surface area (Å²) in [6, 6.07) is 0. The summed E-state index contributed by atoms with van der Waals surface area (Å²) in [6.07, 6.45) is 1.90. The van der Waals surface area contributed by atoms with Crippen molar-refractivity contribution in [1.29, 1.82) is 0 Å². The van der Waals surface area contributed by atoms with E-state index in [0.717, 1.165) is 25.9 Å². The molecule has 2 atom stereocenters. The molecule has 2 aliphatic rings. The predicted molar refractivity (Wildman–Crippen MR) is 73.2 cm³/mol. The maximum Gasteiger partial charge on any atom is 0.410 e. The molecule has 5 heteroatoms. The molecule has 0 aromatic carbocycles. The summed E-state index contributed by atoms with van der Waals surface area (Å²) in [5, 5.41) is 3.38. The second-order valence-electron chi connectivity index (χ2n) is 6.72. The number of nitrogens with one attached hydrogen (secondary N) is 1. The van der Waals surface area contributed by atoms with Crippen molar-refractivity contribution in [3.05, 3.63) is 0 Å². The van der Waals surface area contributed by atoms with Crippen molar-refractivity contribution in [2.75, 3.05) is 26.2 Å². The molecule has 0 saturated carbocycles. The summed E-state index contributed by atoms with van der Waals surface area (Å²) in [6.45, 7) is 10.7. The van der Waals surface area contributed by atoms with Crippen LogP contribution in [-0.4, -0.2) is 54.5 Å². The van der Waals surface area contributed by atoms with E-state index in [1.807, 2.05) is 32.6 Å². The molecule has 5 nitrogen and oxygen atoms in total. The lowest BCUT2D eigenvalue weighted by atomic mass is 9.87. The molecule has 2 aliphatic heterocycles. The van der Waals surface area contributed by atoms with Crippen LogP contribution in [0, 0.1) is 0 Å². The quantitative estimate of drug-likeness (QED) is 0.729. The number of carbonyl (C=O) groups is 1. The Kier molecular flexibility index (Phi) is 4.06. The van der Waals surface area contributed by atoms with Crippen molar-refractivity contribution >= 4 is 6.09 Å². The molecule has 1 N–H and O–H groups in total. The van der Waals surface area contributed by atoms with Gasteiger partial charge in [0.2, 0.25) is 0 Å². The van der Waals surface area contributed by atoms with E-state index in [1.165, 1.54) is 0 Å². The summed E-state index contributed by atoms with van der Waals surface area (Å²) in [7, 11) is 0. The van der Waals surface area contributed by atoms with Gasteiger partial charge in [-0.2, -0.15) is 0 Å². The number of amides is 1. The van der Waals surface area contributed by atoms with Gasteiger partial charge >= 0.3 is 6.09 Å². The highest BCUT2D eigenvalue weighted by atomic mass is 16.6. The number of nitrogens with zero attached hydrogens (tertiary/aromatic N) is 1. The van der Waals surface area contributed by atoms with Gasteiger partial charge in [0.1, 0.15) is 5.60 Å². The van der Waals surface area contributed by atoms with Crippen molar-refractivity contribution in [3.63, 3.8) is 0 Å². The van der Waals surface area contributed by atoms with E-state index in [1.54, 1.807) is 0 Å². The third-order valence-electron chi connectivity index (χ3n) is 3.71. The van der Waals surface area contributed by atoms with Gasteiger partial charge in [-0.1, -0.05) is 0 Å². The fourth-order valence-electron chi connectivity index (χ4n) is 2.77. The molecule has 0 aromatic rings. The molecular formula is C14H26N2O3. The van der Waals surface area contributed by atoms with E-state index in [-0.39, 0.29) is 17.7 Å². The zero-order valence-corrected chi connectivity index (χ0v) is 12.5. The topological polar surface area (TPSA) is 50.8 Å². The van der Waals surface area contributed by atoms with Crippen LogP contribution in [0.15, 0.2) is 0 Å². The van der Waals surface area contributed by atoms with Gasteiger partial charge in [0, 0.05) is 6.54 Å². The number of carbonyl (C=O) groups excluding carboxylic acids is 1. The average molecular weight is 270 g/mol. The van der Waals surface area contributed by atoms with E-state index >= 15 is 0 Å². The summed E-state index contributed by atoms with van der Waals surface area (Å²) in [5.74, 6) is 0. The van der Waals surface area contributed by atoms with Crippen LogP contribution in [0.1, 0.15) is 40.5 Å². The van der Waals surface area contributed by atoms with Gasteiger partial charge in [0.05, 0.1) is 24.8 Å². The first-order valence-electron chi connectivity index (χ1n) is 7.15. The van der Waals surface area contributed by atoms with Crippen LogP contribution in [0.4, 0.5) is 4.79 Å². The summed E-state index contributed by atoms with van der Waals surface area (Å²) in [4.78, 5) is 14.3. The Morgan fingerprint density at radius 1 is 1.47 bits per heavy atom. The normalized spacial score (nSPS) is 32.4. The Bertz CT molecular complexity index is 332. The predicted octanol–water partition coefficient (Wildman–Crippen LogP) is 1.76. The van der Waals surface area contributed by atoms with E-state index in [4.69, 9.17) is 9.47 Å². The van der Waals surface area contributed by atoms with Crippen LogP contribution >= 0.6 is 0 Å². The van der Waals surface area contributed by atoms with Gasteiger partial charge in [0.25, 0.3) is 0 Å². The maximum atomic E-state index is 12.5. The second kappa shape index (κ2) is 5.29. The van der Waals surface area contributed by atoms with Gasteiger partial charge in [-0.05, 0) is 47.1 Å². The van der Waals surface area contributed by atoms with Crippen LogP contribution in [0.3, 0.4) is 0 Å². The molecular weight excluding hydrogens is 244 g/mol. The van der Waals surface area contributed by atoms with Crippen LogP contribution in [0.2, 0.25) is 0 Å². The Morgan fingerprint density at radius 3 is 2.79 bits per heavy atom. The van der Waals surface area contributed by atoms with E-state index in [9.17, 15) is 4.79 Å². The standard InChI is InChI=1S/C14H26N2O3/c1-11-8-16(12(17)19-13(2,3)4)14(10-18-11)6-5-7-15-9-14/h11,15H,5-10H2,1-4H3. The molecule has 0 radical (unpaired) electrons. The zero-order chi connectivity index (χ0) is 14.1. The number of ether oxygens (including phenoxy) is 2. The largest absolute Gasteiger partial charge is 0.444 e. The Hall–Kier alpha value is -0.810. The second-order valence-corrected chi connectivity index (χ2v) is 6.72. The molecule has 110 valence electrons. The van der Waals surface area contributed by atoms with Crippen LogP contribution in [0.25, 0.3) is 0 Å². The monoisotopic (exact) mass is 270 g/mol. The van der Waals surface area contributed by atoms with E-state index in [0.29, 0.717) is 13.2 Å². The van der Waals surface area contributed by atoms with Crippen LogP contribution < -0.4 is 5.32 Å². The fraction of sp³-hybridized carbons (Fsp3) is 0.929. The third kappa shape index (κ3) is 3.39. The summed E-state index contributed by atoms with van der Waals surface area (Å²) in [5.41, 5.74) is -0.686. The first-order valence-corrected chi connectivity index (χ1v) is 7.15. The fourth-order valence-corrected chi connectivity index (χ4v) is 2.77. The first-order chi connectivity index (χ1) is 8.82. The molecule has 2 saturated heterocycles. The maximum absolute atomic E-state index is 12.5. The number of rotatable bonds is 0. The van der Waals surface area contributed by atoms with E-state index < -0.39 is 5.60 Å². The highest BCUT2D eigenvalue weighted by Gasteiger charge is 2.46.